The highest BCUT2D eigenvalue weighted by atomic mass is 32.2. The van der Waals surface area contributed by atoms with E-state index in [1.165, 1.54) is 4.31 Å². The number of hydrogen-bond acceptors (Lipinski definition) is 3. The number of anilines is 1. The molecule has 0 bridgehead atoms. The van der Waals surface area contributed by atoms with Gasteiger partial charge >= 0.3 is 0 Å². The molecule has 0 spiro atoms. The summed E-state index contributed by atoms with van der Waals surface area (Å²) in [7, 11) is -2.06. The number of aryl methyl sites for hydroxylation is 1. The quantitative estimate of drug-likeness (QED) is 0.546. The molecule has 0 aliphatic carbocycles. The minimum Gasteiger partial charge on any atom is -0.341 e. The molecule has 3 aromatic rings. The third-order valence-electron chi connectivity index (χ3n) is 4.87. The second kappa shape index (κ2) is 9.59. The van der Waals surface area contributed by atoms with E-state index in [1.54, 1.807) is 60.5 Å². The number of para-hydroxylation sites is 1. The molecule has 0 aliphatic heterocycles. The third-order valence-corrected chi connectivity index (χ3v) is 6.71. The van der Waals surface area contributed by atoms with Crippen molar-refractivity contribution in [1.29, 1.82) is 0 Å². The number of nitrogens with zero attached hydrogens (tertiary/aromatic N) is 2. The predicted octanol–water partition coefficient (Wildman–Crippen LogP) is 4.24. The summed E-state index contributed by atoms with van der Waals surface area (Å²) >= 11 is 0. The van der Waals surface area contributed by atoms with Gasteiger partial charge in [-0.15, -0.1) is 0 Å². The van der Waals surface area contributed by atoms with E-state index in [0.717, 1.165) is 11.1 Å². The van der Waals surface area contributed by atoms with Gasteiger partial charge in [-0.1, -0.05) is 66.2 Å². The van der Waals surface area contributed by atoms with Gasteiger partial charge < -0.3 is 4.90 Å². The fourth-order valence-corrected chi connectivity index (χ4v) is 4.62. The zero-order valence-corrected chi connectivity index (χ0v) is 18.0. The fraction of sp³-hybridized carbons (Fsp3) is 0.208. The minimum absolute atomic E-state index is 0.0676. The zero-order chi connectivity index (χ0) is 21.6. The Hall–Kier alpha value is -3.12. The molecular weight excluding hydrogens is 396 g/mol. The zero-order valence-electron chi connectivity index (χ0n) is 17.2. The highest BCUT2D eigenvalue weighted by Gasteiger charge is 2.26. The molecule has 3 rings (SSSR count). The lowest BCUT2D eigenvalue weighted by molar-refractivity contribution is -0.130. The summed E-state index contributed by atoms with van der Waals surface area (Å²) in [6, 6.07) is 25.3. The van der Waals surface area contributed by atoms with E-state index >= 15 is 0 Å². The molecule has 6 heteroatoms. The van der Waals surface area contributed by atoms with E-state index in [1.807, 2.05) is 43.3 Å². The van der Waals surface area contributed by atoms with E-state index in [0.29, 0.717) is 12.2 Å². The number of carbonyl (C=O) groups excluding carboxylic acids is 1. The molecule has 156 valence electrons. The average molecular weight is 423 g/mol. The van der Waals surface area contributed by atoms with Crippen molar-refractivity contribution in [2.75, 3.05) is 17.9 Å². The van der Waals surface area contributed by atoms with Crippen LogP contribution in [-0.4, -0.2) is 32.8 Å². The highest BCUT2D eigenvalue weighted by molar-refractivity contribution is 7.92. The molecule has 0 aromatic heterocycles. The van der Waals surface area contributed by atoms with Gasteiger partial charge in [0.25, 0.3) is 10.0 Å². The van der Waals surface area contributed by atoms with Crippen molar-refractivity contribution < 1.29 is 13.2 Å². The van der Waals surface area contributed by atoms with Crippen molar-refractivity contribution in [2.45, 2.75) is 24.8 Å². The van der Waals surface area contributed by atoms with Gasteiger partial charge in [-0.2, -0.15) is 0 Å². The van der Waals surface area contributed by atoms with Crippen molar-refractivity contribution in [3.63, 3.8) is 0 Å². The Labute approximate surface area is 178 Å². The molecule has 0 fully saturated rings. The molecule has 0 saturated carbocycles. The van der Waals surface area contributed by atoms with Crippen LogP contribution in [0.2, 0.25) is 0 Å². The van der Waals surface area contributed by atoms with Gasteiger partial charge in [0.1, 0.15) is 0 Å². The van der Waals surface area contributed by atoms with Crippen LogP contribution in [-0.2, 0) is 21.4 Å². The summed E-state index contributed by atoms with van der Waals surface area (Å²) < 4.78 is 27.9. The maximum atomic E-state index is 13.3. The molecule has 0 saturated heterocycles. The first-order valence-electron chi connectivity index (χ1n) is 9.80. The molecule has 0 N–H and O–H groups in total. The fourth-order valence-electron chi connectivity index (χ4n) is 3.15. The SMILES string of the molecule is Cc1ccc(S(=O)(=O)N(CCC(=O)N(C)Cc2ccccc2)c2ccccc2)cc1. The smallest absolute Gasteiger partial charge is 0.264 e. The van der Waals surface area contributed by atoms with Crippen LogP contribution in [0.25, 0.3) is 0 Å². The van der Waals surface area contributed by atoms with Gasteiger partial charge in [0.15, 0.2) is 0 Å². The molecule has 1 amide bonds. The van der Waals surface area contributed by atoms with Crippen molar-refractivity contribution in [3.05, 3.63) is 96.1 Å². The van der Waals surface area contributed by atoms with Crippen LogP contribution < -0.4 is 4.31 Å². The van der Waals surface area contributed by atoms with Crippen LogP contribution in [0.3, 0.4) is 0 Å². The van der Waals surface area contributed by atoms with E-state index in [2.05, 4.69) is 0 Å². The lowest BCUT2D eigenvalue weighted by atomic mass is 10.2. The van der Waals surface area contributed by atoms with E-state index in [9.17, 15) is 13.2 Å². The topological polar surface area (TPSA) is 57.7 Å². The molecule has 5 nitrogen and oxygen atoms in total. The Morgan fingerprint density at radius 3 is 2.00 bits per heavy atom. The molecule has 0 aliphatic rings. The number of amides is 1. The molecular formula is C24H26N2O3S. The lowest BCUT2D eigenvalue weighted by Gasteiger charge is -2.25. The van der Waals surface area contributed by atoms with Crippen molar-refractivity contribution in [3.8, 4) is 0 Å². The molecule has 30 heavy (non-hydrogen) atoms. The van der Waals surface area contributed by atoms with E-state index in [-0.39, 0.29) is 23.8 Å². The normalized spacial score (nSPS) is 11.1. The van der Waals surface area contributed by atoms with Crippen molar-refractivity contribution >= 4 is 21.6 Å². The van der Waals surface area contributed by atoms with Gasteiger partial charge in [-0.25, -0.2) is 8.42 Å². The Morgan fingerprint density at radius 1 is 0.833 bits per heavy atom. The van der Waals surface area contributed by atoms with E-state index in [4.69, 9.17) is 0 Å². The average Bonchev–Trinajstić information content (AvgIpc) is 2.75. The van der Waals surface area contributed by atoms with Crippen molar-refractivity contribution in [2.24, 2.45) is 0 Å². The highest BCUT2D eigenvalue weighted by Crippen LogP contribution is 2.24. The minimum atomic E-state index is -3.79. The monoisotopic (exact) mass is 422 g/mol. The van der Waals surface area contributed by atoms with Crippen molar-refractivity contribution in [1.82, 2.24) is 4.90 Å². The standard InChI is InChI=1S/C24H26N2O3S/c1-20-13-15-23(16-14-20)30(28,29)26(22-11-7-4-8-12-22)18-17-24(27)25(2)19-21-9-5-3-6-10-21/h3-16H,17-19H2,1-2H3. The summed E-state index contributed by atoms with van der Waals surface area (Å²) in [6.45, 7) is 2.46. The van der Waals surface area contributed by atoms with Crippen LogP contribution in [0.5, 0.6) is 0 Å². The van der Waals surface area contributed by atoms with Crippen LogP contribution in [0.4, 0.5) is 5.69 Å². The summed E-state index contributed by atoms with van der Waals surface area (Å²) in [6.07, 6.45) is 0.0866. The Balaban J connectivity index is 1.78. The summed E-state index contributed by atoms with van der Waals surface area (Å²) in [5.41, 5.74) is 2.55. The van der Waals surface area contributed by atoms with Gasteiger partial charge in [0, 0.05) is 26.6 Å². The van der Waals surface area contributed by atoms with Gasteiger partial charge in [0.2, 0.25) is 5.91 Å². The number of hydrogen-bond donors (Lipinski definition) is 0. The Kier molecular flexibility index (Phi) is 6.90. The second-order valence-corrected chi connectivity index (χ2v) is 9.07. The molecule has 0 radical (unpaired) electrons. The van der Waals surface area contributed by atoms with Gasteiger partial charge in [-0.3, -0.25) is 9.10 Å². The van der Waals surface area contributed by atoms with Gasteiger partial charge in [0.05, 0.1) is 10.6 Å². The van der Waals surface area contributed by atoms with Crippen LogP contribution in [0.1, 0.15) is 17.5 Å². The number of carbonyl (C=O) groups is 1. The summed E-state index contributed by atoms with van der Waals surface area (Å²) in [4.78, 5) is 14.5. The molecule has 0 atom stereocenters. The predicted molar refractivity (Wildman–Crippen MR) is 120 cm³/mol. The first-order valence-corrected chi connectivity index (χ1v) is 11.2. The van der Waals surface area contributed by atoms with Crippen LogP contribution in [0.15, 0.2) is 89.8 Å². The third kappa shape index (κ3) is 5.27. The van der Waals surface area contributed by atoms with Gasteiger partial charge in [-0.05, 0) is 36.8 Å². The van der Waals surface area contributed by atoms with Crippen LogP contribution in [0, 0.1) is 6.92 Å². The molecule has 3 aromatic carbocycles. The Morgan fingerprint density at radius 2 is 1.40 bits per heavy atom. The second-order valence-electron chi connectivity index (χ2n) is 7.21. The maximum Gasteiger partial charge on any atom is 0.264 e. The number of sulfonamides is 1. The summed E-state index contributed by atoms with van der Waals surface area (Å²) in [5.74, 6) is -0.112. The maximum absolute atomic E-state index is 13.3. The Bertz CT molecular complexity index is 1070. The number of rotatable bonds is 8. The number of benzene rings is 3. The molecule has 0 unspecified atom stereocenters. The lowest BCUT2D eigenvalue weighted by Crippen LogP contribution is -2.36. The molecule has 0 heterocycles. The first-order chi connectivity index (χ1) is 14.4. The summed E-state index contributed by atoms with van der Waals surface area (Å²) in [5, 5.41) is 0. The van der Waals surface area contributed by atoms with E-state index < -0.39 is 10.0 Å². The first kappa shape index (κ1) is 21.6. The largest absolute Gasteiger partial charge is 0.341 e. The van der Waals surface area contributed by atoms with Crippen LogP contribution >= 0.6 is 0 Å².